The minimum Gasteiger partial charge on any atom is -0.347 e. The van der Waals surface area contributed by atoms with E-state index in [4.69, 9.17) is 0 Å². The molecule has 2 N–H and O–H groups in total. The van der Waals surface area contributed by atoms with Crippen molar-refractivity contribution < 1.29 is 0 Å². The summed E-state index contributed by atoms with van der Waals surface area (Å²) in [7, 11) is 0. The Bertz CT molecular complexity index is 244. The molecule has 1 aromatic rings. The van der Waals surface area contributed by atoms with E-state index in [1.54, 1.807) is 0 Å². The average Bonchev–Trinajstić information content (AvgIpc) is 2.70. The van der Waals surface area contributed by atoms with Crippen molar-refractivity contribution in [1.82, 2.24) is 20.2 Å². The normalized spacial score (nSPS) is 24.8. The molecule has 0 aliphatic carbocycles. The van der Waals surface area contributed by atoms with Crippen molar-refractivity contribution in [2.45, 2.75) is 13.0 Å². The van der Waals surface area contributed by atoms with Crippen LogP contribution in [0.2, 0.25) is 0 Å². The van der Waals surface area contributed by atoms with Gasteiger partial charge in [0, 0.05) is 32.0 Å². The minimum atomic E-state index is 0.425. The lowest BCUT2D eigenvalue weighted by atomic mass is 10.2. The van der Waals surface area contributed by atoms with Gasteiger partial charge in [0.15, 0.2) is 0 Å². The summed E-state index contributed by atoms with van der Waals surface area (Å²) in [6.45, 7) is 6.49. The van der Waals surface area contributed by atoms with Gasteiger partial charge >= 0.3 is 0 Å². The molecule has 2 rings (SSSR count). The number of nitrogens with zero attached hydrogens (tertiary/aromatic N) is 2. The van der Waals surface area contributed by atoms with Crippen LogP contribution in [0.25, 0.3) is 0 Å². The number of hydrogen-bond acceptors (Lipinski definition) is 3. The predicted molar refractivity (Wildman–Crippen MR) is 51.4 cm³/mol. The first-order chi connectivity index (χ1) is 6.42. The van der Waals surface area contributed by atoms with Crippen LogP contribution in [0.5, 0.6) is 0 Å². The summed E-state index contributed by atoms with van der Waals surface area (Å²) in [4.78, 5) is 9.92. The SMILES string of the molecule is CCN1CCNCC1c1ncc[nH]1. The molecule has 0 amide bonds. The van der Waals surface area contributed by atoms with Crippen molar-refractivity contribution in [1.29, 1.82) is 0 Å². The number of imidazole rings is 1. The number of H-pyrrole nitrogens is 1. The monoisotopic (exact) mass is 180 g/mol. The van der Waals surface area contributed by atoms with E-state index in [0.717, 1.165) is 32.0 Å². The second-order valence-corrected chi connectivity index (χ2v) is 3.32. The van der Waals surface area contributed by atoms with Gasteiger partial charge in [-0.2, -0.15) is 0 Å². The molecular weight excluding hydrogens is 164 g/mol. The highest BCUT2D eigenvalue weighted by atomic mass is 15.2. The van der Waals surface area contributed by atoms with Crippen molar-refractivity contribution in [2.24, 2.45) is 0 Å². The highest BCUT2D eigenvalue weighted by Crippen LogP contribution is 2.17. The largest absolute Gasteiger partial charge is 0.347 e. The summed E-state index contributed by atoms with van der Waals surface area (Å²) < 4.78 is 0. The lowest BCUT2D eigenvalue weighted by molar-refractivity contribution is 0.164. The van der Waals surface area contributed by atoms with Crippen LogP contribution in [0.1, 0.15) is 18.8 Å². The molecule has 1 aromatic heterocycles. The molecule has 4 nitrogen and oxygen atoms in total. The third kappa shape index (κ3) is 1.73. The molecule has 0 radical (unpaired) electrons. The van der Waals surface area contributed by atoms with E-state index in [0.29, 0.717) is 6.04 Å². The lowest BCUT2D eigenvalue weighted by Crippen LogP contribution is -2.46. The summed E-state index contributed by atoms with van der Waals surface area (Å²) in [6, 6.07) is 0.425. The first-order valence-corrected chi connectivity index (χ1v) is 4.86. The van der Waals surface area contributed by atoms with E-state index in [9.17, 15) is 0 Å². The van der Waals surface area contributed by atoms with Crippen LogP contribution in [0.4, 0.5) is 0 Å². The standard InChI is InChI=1S/C9H16N4/c1-2-13-6-5-10-7-8(13)9-11-3-4-12-9/h3-4,8,10H,2,5-7H2,1H3,(H,11,12). The number of piperazine rings is 1. The summed E-state index contributed by atoms with van der Waals surface area (Å²) >= 11 is 0. The molecule has 1 atom stereocenters. The maximum absolute atomic E-state index is 4.30. The van der Waals surface area contributed by atoms with Gasteiger partial charge in [-0.3, -0.25) is 4.90 Å². The van der Waals surface area contributed by atoms with Crippen LogP contribution in [0, 0.1) is 0 Å². The number of nitrogens with one attached hydrogen (secondary N) is 2. The smallest absolute Gasteiger partial charge is 0.124 e. The van der Waals surface area contributed by atoms with Crippen molar-refractivity contribution >= 4 is 0 Å². The van der Waals surface area contributed by atoms with E-state index in [2.05, 4.69) is 27.1 Å². The summed E-state index contributed by atoms with van der Waals surface area (Å²) in [5, 5.41) is 3.39. The predicted octanol–water partition coefficient (Wildman–Crippen LogP) is 0.376. The van der Waals surface area contributed by atoms with E-state index < -0.39 is 0 Å². The second-order valence-electron chi connectivity index (χ2n) is 3.32. The maximum atomic E-state index is 4.30. The number of aromatic nitrogens is 2. The van der Waals surface area contributed by atoms with Gasteiger partial charge < -0.3 is 10.3 Å². The first kappa shape index (κ1) is 8.72. The molecule has 2 heterocycles. The number of likely N-dealkylation sites (N-methyl/N-ethyl adjacent to an activating group) is 1. The van der Waals surface area contributed by atoms with Crippen LogP contribution in [0.3, 0.4) is 0 Å². The molecular formula is C9H16N4. The summed E-state index contributed by atoms with van der Waals surface area (Å²) in [6.07, 6.45) is 3.70. The third-order valence-corrected chi connectivity index (χ3v) is 2.60. The number of hydrogen-bond donors (Lipinski definition) is 2. The van der Waals surface area contributed by atoms with Crippen LogP contribution in [-0.4, -0.2) is 41.0 Å². The molecule has 0 saturated carbocycles. The van der Waals surface area contributed by atoms with E-state index in [1.807, 2.05) is 12.4 Å². The molecule has 0 spiro atoms. The van der Waals surface area contributed by atoms with Gasteiger partial charge in [-0.05, 0) is 6.54 Å². The Morgan fingerprint density at radius 1 is 1.69 bits per heavy atom. The quantitative estimate of drug-likeness (QED) is 0.691. The highest BCUT2D eigenvalue weighted by Gasteiger charge is 2.23. The van der Waals surface area contributed by atoms with Crippen LogP contribution < -0.4 is 5.32 Å². The molecule has 1 unspecified atom stereocenters. The Labute approximate surface area is 78.4 Å². The van der Waals surface area contributed by atoms with Gasteiger partial charge in [0.1, 0.15) is 5.82 Å². The molecule has 0 aromatic carbocycles. The lowest BCUT2D eigenvalue weighted by Gasteiger charge is -2.33. The van der Waals surface area contributed by atoms with Gasteiger partial charge in [0.05, 0.1) is 6.04 Å². The second kappa shape index (κ2) is 3.89. The Balaban J connectivity index is 2.11. The van der Waals surface area contributed by atoms with Crippen molar-refractivity contribution in [2.75, 3.05) is 26.2 Å². The topological polar surface area (TPSA) is 44.0 Å². The van der Waals surface area contributed by atoms with Gasteiger partial charge in [-0.25, -0.2) is 4.98 Å². The van der Waals surface area contributed by atoms with Gasteiger partial charge in [0.2, 0.25) is 0 Å². The fraction of sp³-hybridized carbons (Fsp3) is 0.667. The molecule has 1 aliphatic heterocycles. The van der Waals surface area contributed by atoms with E-state index in [-0.39, 0.29) is 0 Å². The number of aromatic amines is 1. The van der Waals surface area contributed by atoms with Gasteiger partial charge in [0.25, 0.3) is 0 Å². The van der Waals surface area contributed by atoms with Crippen LogP contribution in [-0.2, 0) is 0 Å². The first-order valence-electron chi connectivity index (χ1n) is 4.86. The Hall–Kier alpha value is -0.870. The van der Waals surface area contributed by atoms with Crippen molar-refractivity contribution in [3.8, 4) is 0 Å². The van der Waals surface area contributed by atoms with E-state index >= 15 is 0 Å². The molecule has 0 bridgehead atoms. The zero-order valence-electron chi connectivity index (χ0n) is 7.95. The molecule has 4 heteroatoms. The molecule has 1 saturated heterocycles. The summed E-state index contributed by atoms with van der Waals surface area (Å²) in [5.74, 6) is 1.08. The fourth-order valence-corrected chi connectivity index (χ4v) is 1.85. The Kier molecular flexibility index (Phi) is 2.61. The van der Waals surface area contributed by atoms with Gasteiger partial charge in [-0.1, -0.05) is 6.92 Å². The third-order valence-electron chi connectivity index (χ3n) is 2.60. The molecule has 1 aliphatic rings. The number of rotatable bonds is 2. The van der Waals surface area contributed by atoms with Gasteiger partial charge in [-0.15, -0.1) is 0 Å². The maximum Gasteiger partial charge on any atom is 0.124 e. The Morgan fingerprint density at radius 2 is 2.62 bits per heavy atom. The molecule has 1 fully saturated rings. The van der Waals surface area contributed by atoms with Crippen molar-refractivity contribution in [3.63, 3.8) is 0 Å². The molecule has 72 valence electrons. The van der Waals surface area contributed by atoms with Crippen molar-refractivity contribution in [3.05, 3.63) is 18.2 Å². The summed E-state index contributed by atoms with van der Waals surface area (Å²) in [5.41, 5.74) is 0. The minimum absolute atomic E-state index is 0.425. The Morgan fingerprint density at radius 3 is 3.31 bits per heavy atom. The van der Waals surface area contributed by atoms with Crippen LogP contribution in [0.15, 0.2) is 12.4 Å². The average molecular weight is 180 g/mol. The molecule has 13 heavy (non-hydrogen) atoms. The van der Waals surface area contributed by atoms with Crippen LogP contribution >= 0.6 is 0 Å². The highest BCUT2D eigenvalue weighted by molar-refractivity contribution is 4.99. The fourth-order valence-electron chi connectivity index (χ4n) is 1.85. The van der Waals surface area contributed by atoms with E-state index in [1.165, 1.54) is 0 Å². The zero-order valence-corrected chi connectivity index (χ0v) is 7.95. The zero-order chi connectivity index (χ0) is 9.10.